The Morgan fingerprint density at radius 3 is 1.09 bits per heavy atom. The standard InChI is InChI=1S/2C24H22ClN5O.C24H21ClN4O/c2*1-15-18(4-6-23(26-2)30-15)13-29-24(31)17-7-8-27-21(12-17)10-16-3-5-22-19(9-16)11-20(25)14-28-22;1-15-8-21(26)4-3-18(15)13-29-24(30)17-6-7-27-22(12-17)10-16-2-5-23-19(9-16)11-20(25)14-28-23/h2*3-9,11-12,14H,10,13H2,1-2H3,(H,26,30)(H,29,31);2-9,11-12,14H,10,13,26H2,1H3,(H,29,30). The van der Waals surface area contributed by atoms with E-state index in [9.17, 15) is 14.4 Å². The Kier molecular flexibility index (Phi) is 21.3. The van der Waals surface area contributed by atoms with Crippen molar-refractivity contribution in [2.45, 2.75) is 59.7 Å². The molecule has 462 valence electrons. The third-order valence-corrected chi connectivity index (χ3v) is 15.7. The molecule has 12 rings (SSSR count). The van der Waals surface area contributed by atoms with Crippen LogP contribution < -0.4 is 32.3 Å². The summed E-state index contributed by atoms with van der Waals surface area (Å²) in [6, 6.07) is 47.8. The molecule has 0 radical (unpaired) electrons. The Hall–Kier alpha value is -10.5. The van der Waals surface area contributed by atoms with Gasteiger partial charge >= 0.3 is 0 Å². The van der Waals surface area contributed by atoms with Gasteiger partial charge in [0, 0.05) is 157 Å². The molecule has 0 saturated carbocycles. The zero-order valence-electron chi connectivity index (χ0n) is 51.2. The molecule has 7 N–H and O–H groups in total. The van der Waals surface area contributed by atoms with Crippen molar-refractivity contribution in [1.82, 2.24) is 55.8 Å². The van der Waals surface area contributed by atoms with Crippen molar-refractivity contribution >= 4 is 103 Å². The van der Waals surface area contributed by atoms with E-state index in [-0.39, 0.29) is 17.7 Å². The summed E-state index contributed by atoms with van der Waals surface area (Å²) in [5.74, 6) is 1.19. The van der Waals surface area contributed by atoms with E-state index in [0.29, 0.717) is 76.3 Å². The van der Waals surface area contributed by atoms with Crippen molar-refractivity contribution in [3.63, 3.8) is 0 Å². The highest BCUT2D eigenvalue weighted by atomic mass is 35.5. The summed E-state index contributed by atoms with van der Waals surface area (Å²) in [7, 11) is 3.66. The lowest BCUT2D eigenvalue weighted by molar-refractivity contribution is 0.0942. The molecule has 0 aliphatic rings. The smallest absolute Gasteiger partial charge is 0.251 e. The Balaban J connectivity index is 0.000000151. The minimum atomic E-state index is -0.143. The van der Waals surface area contributed by atoms with Gasteiger partial charge in [0.1, 0.15) is 11.6 Å². The van der Waals surface area contributed by atoms with Crippen LogP contribution in [0.2, 0.25) is 15.1 Å². The summed E-state index contributed by atoms with van der Waals surface area (Å²) in [6.07, 6.45) is 11.7. The van der Waals surface area contributed by atoms with Gasteiger partial charge in [0.2, 0.25) is 0 Å². The van der Waals surface area contributed by atoms with E-state index in [4.69, 9.17) is 40.5 Å². The zero-order chi connectivity index (χ0) is 64.7. The number of rotatable bonds is 17. The van der Waals surface area contributed by atoms with E-state index in [1.54, 1.807) is 55.4 Å². The number of carbonyl (C=O) groups excluding carboxylic acids is 3. The first kappa shape index (κ1) is 64.5. The second-order valence-electron chi connectivity index (χ2n) is 21.8. The summed E-state index contributed by atoms with van der Waals surface area (Å²) in [5.41, 5.74) is 22.4. The molecule has 0 atom stereocenters. The van der Waals surface area contributed by atoms with E-state index in [2.05, 4.69) is 66.5 Å². The van der Waals surface area contributed by atoms with Gasteiger partial charge in [-0.25, -0.2) is 9.97 Å². The molecule has 0 fully saturated rings. The number of pyridine rings is 8. The van der Waals surface area contributed by atoms with Crippen molar-refractivity contribution in [3.8, 4) is 0 Å². The van der Waals surface area contributed by atoms with Crippen LogP contribution in [0.5, 0.6) is 0 Å². The monoisotopic (exact) mass is 1280 g/mol. The number of nitrogens with one attached hydrogen (secondary N) is 5. The number of carbonyl (C=O) groups is 3. The fourth-order valence-corrected chi connectivity index (χ4v) is 10.6. The summed E-state index contributed by atoms with van der Waals surface area (Å²) in [4.78, 5) is 73.1. The molecular formula is C72H65Cl3N14O3. The van der Waals surface area contributed by atoms with Gasteiger partial charge in [0.15, 0.2) is 0 Å². The largest absolute Gasteiger partial charge is 0.399 e. The van der Waals surface area contributed by atoms with Crippen molar-refractivity contribution < 1.29 is 14.4 Å². The first-order valence-corrected chi connectivity index (χ1v) is 30.6. The molecule has 0 unspecified atom stereocenters. The van der Waals surface area contributed by atoms with Crippen LogP contribution in [0.15, 0.2) is 189 Å². The number of hydrogen-bond acceptors (Lipinski definition) is 14. The van der Waals surface area contributed by atoms with Crippen LogP contribution in [-0.2, 0) is 38.9 Å². The second kappa shape index (κ2) is 30.4. The Bertz CT molecular complexity index is 4490. The van der Waals surface area contributed by atoms with Crippen molar-refractivity contribution in [1.29, 1.82) is 0 Å². The average molecular weight is 1280 g/mol. The van der Waals surface area contributed by atoms with Gasteiger partial charge < -0.3 is 32.3 Å². The van der Waals surface area contributed by atoms with Gasteiger partial charge in [-0.2, -0.15) is 0 Å². The Morgan fingerprint density at radius 2 is 0.750 bits per heavy atom. The molecule has 92 heavy (non-hydrogen) atoms. The molecule has 12 aromatic rings. The molecular weight excluding hydrogens is 1220 g/mol. The number of halogens is 3. The zero-order valence-corrected chi connectivity index (χ0v) is 53.4. The normalized spacial score (nSPS) is 10.8. The van der Waals surface area contributed by atoms with Crippen molar-refractivity contribution in [3.05, 3.63) is 288 Å². The number of anilines is 3. The van der Waals surface area contributed by atoms with E-state index in [1.807, 2.05) is 168 Å². The van der Waals surface area contributed by atoms with Crippen LogP contribution in [0.4, 0.5) is 17.3 Å². The molecule has 0 aliphatic heterocycles. The van der Waals surface area contributed by atoms with Gasteiger partial charge in [-0.1, -0.05) is 71.2 Å². The number of hydrogen-bond donors (Lipinski definition) is 6. The predicted octanol–water partition coefficient (Wildman–Crippen LogP) is 13.8. The fraction of sp³-hybridized carbons (Fsp3) is 0.153. The topological polar surface area (TPSA) is 240 Å². The number of nitrogen functional groups attached to an aromatic ring is 1. The molecule has 3 amide bonds. The van der Waals surface area contributed by atoms with Gasteiger partial charge in [-0.15, -0.1) is 0 Å². The van der Waals surface area contributed by atoms with Crippen LogP contribution in [0, 0.1) is 20.8 Å². The lowest BCUT2D eigenvalue weighted by Gasteiger charge is -2.10. The van der Waals surface area contributed by atoms with E-state index in [1.165, 1.54) is 0 Å². The maximum absolute atomic E-state index is 12.7. The lowest BCUT2D eigenvalue weighted by atomic mass is 10.0. The molecule has 4 aromatic carbocycles. The van der Waals surface area contributed by atoms with Gasteiger partial charge in [-0.05, 0) is 175 Å². The van der Waals surface area contributed by atoms with Crippen LogP contribution in [-0.4, -0.2) is 71.7 Å². The number of aryl methyl sites for hydroxylation is 3. The van der Waals surface area contributed by atoms with E-state index in [0.717, 1.165) is 112 Å². The van der Waals surface area contributed by atoms with Crippen LogP contribution in [0.25, 0.3) is 32.7 Å². The van der Waals surface area contributed by atoms with Crippen LogP contribution >= 0.6 is 34.8 Å². The number of benzene rings is 4. The quantitative estimate of drug-likeness (QED) is 0.0465. The predicted molar refractivity (Wildman–Crippen MR) is 368 cm³/mol. The van der Waals surface area contributed by atoms with Gasteiger partial charge in [-0.3, -0.25) is 44.3 Å². The third kappa shape index (κ3) is 17.5. The Labute approximate surface area is 547 Å². The first-order chi connectivity index (χ1) is 44.5. The average Bonchev–Trinajstić information content (AvgIpc) is 1.50. The number of nitrogens with two attached hydrogens (primary N) is 1. The molecule has 0 saturated heterocycles. The highest BCUT2D eigenvalue weighted by Gasteiger charge is 2.14. The van der Waals surface area contributed by atoms with E-state index < -0.39 is 0 Å². The van der Waals surface area contributed by atoms with Gasteiger partial charge in [0.25, 0.3) is 17.7 Å². The van der Waals surface area contributed by atoms with Crippen LogP contribution in [0.3, 0.4) is 0 Å². The molecule has 8 heterocycles. The number of nitrogens with zero attached hydrogens (tertiary/aromatic N) is 8. The SMILES string of the molecule is CNc1ccc(CNC(=O)c2ccnc(Cc3ccc4ncc(Cl)cc4c3)c2)c(C)n1.CNc1ccc(CNC(=O)c2ccnc(Cc3ccc4ncc(Cl)cc4c3)c2)c(C)n1.Cc1cc(N)ccc1CNC(=O)c1ccnc(Cc2ccc3ncc(Cl)cc3c2)c1. The molecule has 0 spiro atoms. The first-order valence-electron chi connectivity index (χ1n) is 29.5. The van der Waals surface area contributed by atoms with Crippen molar-refractivity contribution in [2.24, 2.45) is 0 Å². The molecule has 20 heteroatoms. The van der Waals surface area contributed by atoms with Crippen LogP contribution in [0.1, 0.15) is 98.5 Å². The summed E-state index contributed by atoms with van der Waals surface area (Å²) in [5, 5.41) is 19.7. The number of aromatic nitrogens is 8. The summed E-state index contributed by atoms with van der Waals surface area (Å²) >= 11 is 18.2. The maximum Gasteiger partial charge on any atom is 0.251 e. The minimum absolute atomic E-state index is 0.135. The Morgan fingerprint density at radius 1 is 0.402 bits per heavy atom. The summed E-state index contributed by atoms with van der Waals surface area (Å²) in [6.45, 7) is 7.11. The summed E-state index contributed by atoms with van der Waals surface area (Å²) < 4.78 is 0. The minimum Gasteiger partial charge on any atom is -0.399 e. The van der Waals surface area contributed by atoms with Crippen molar-refractivity contribution in [2.75, 3.05) is 30.5 Å². The second-order valence-corrected chi connectivity index (χ2v) is 23.1. The molecule has 0 bridgehead atoms. The molecule has 0 aliphatic carbocycles. The van der Waals surface area contributed by atoms with Gasteiger partial charge in [0.05, 0.1) is 31.6 Å². The highest BCUT2D eigenvalue weighted by molar-refractivity contribution is 6.31. The highest BCUT2D eigenvalue weighted by Crippen LogP contribution is 2.24. The van der Waals surface area contributed by atoms with E-state index >= 15 is 0 Å². The fourth-order valence-electron chi connectivity index (χ4n) is 10.2. The third-order valence-electron chi connectivity index (χ3n) is 15.1. The maximum atomic E-state index is 12.7. The molecule has 17 nitrogen and oxygen atoms in total. The molecule has 8 aromatic heterocycles. The number of amides is 3. The lowest BCUT2D eigenvalue weighted by Crippen LogP contribution is -2.23. The number of fused-ring (bicyclic) bond motifs is 3.